The molecule has 7 nitrogen and oxygen atoms in total. The lowest BCUT2D eigenvalue weighted by Gasteiger charge is -2.20. The fraction of sp³-hybridized carbons (Fsp3) is 0.370. The standard InChI is InChI=1S/C27H28N2O5/c1-17(27(30)31)23(13-11-19-7-6-8-21(15-19)26-28-18(2)34-29-26)20-12-14-24(32-3)25(16-20)33-22-9-4-5-10-22/h6-8,12,14-17,22-23H,4-5,9-10H2,1-3H3,(H,30,31)/t17-,23?/m0/s1. The Morgan fingerprint density at radius 2 is 1.97 bits per heavy atom. The lowest BCUT2D eigenvalue weighted by atomic mass is 9.87. The molecule has 1 unspecified atom stereocenters. The van der Waals surface area contributed by atoms with Gasteiger partial charge in [0.2, 0.25) is 11.7 Å². The maximum absolute atomic E-state index is 11.9. The molecule has 34 heavy (non-hydrogen) atoms. The number of aromatic nitrogens is 2. The molecule has 0 aliphatic heterocycles. The fourth-order valence-corrected chi connectivity index (χ4v) is 4.12. The number of carboxylic acid groups (broad SMARTS) is 1. The van der Waals surface area contributed by atoms with Crippen molar-refractivity contribution in [2.45, 2.75) is 51.6 Å². The van der Waals surface area contributed by atoms with Gasteiger partial charge < -0.3 is 19.1 Å². The molecule has 7 heteroatoms. The van der Waals surface area contributed by atoms with Crippen molar-refractivity contribution in [3.63, 3.8) is 0 Å². The van der Waals surface area contributed by atoms with Gasteiger partial charge in [-0.05, 0) is 55.5 Å². The van der Waals surface area contributed by atoms with Gasteiger partial charge >= 0.3 is 5.97 Å². The highest BCUT2D eigenvalue weighted by atomic mass is 16.5. The topological polar surface area (TPSA) is 94.7 Å². The molecule has 0 bridgehead atoms. The first-order valence-corrected chi connectivity index (χ1v) is 11.4. The van der Waals surface area contributed by atoms with Gasteiger partial charge in [-0.2, -0.15) is 4.98 Å². The minimum atomic E-state index is -0.913. The fourth-order valence-electron chi connectivity index (χ4n) is 4.12. The van der Waals surface area contributed by atoms with Crippen LogP contribution >= 0.6 is 0 Å². The van der Waals surface area contributed by atoms with Gasteiger partial charge in [0.25, 0.3) is 0 Å². The van der Waals surface area contributed by atoms with E-state index < -0.39 is 17.8 Å². The predicted molar refractivity (Wildman–Crippen MR) is 127 cm³/mol. The Hall–Kier alpha value is -3.79. The molecule has 4 rings (SSSR count). The van der Waals surface area contributed by atoms with E-state index in [-0.39, 0.29) is 6.10 Å². The number of benzene rings is 2. The van der Waals surface area contributed by atoms with Crippen molar-refractivity contribution in [1.82, 2.24) is 10.1 Å². The van der Waals surface area contributed by atoms with Crippen molar-refractivity contribution < 1.29 is 23.9 Å². The number of hydrogen-bond acceptors (Lipinski definition) is 6. The van der Waals surface area contributed by atoms with Crippen LogP contribution in [-0.2, 0) is 4.79 Å². The number of carbonyl (C=O) groups is 1. The van der Waals surface area contributed by atoms with Crippen LogP contribution in [-0.4, -0.2) is 34.4 Å². The van der Waals surface area contributed by atoms with Crippen LogP contribution in [0.1, 0.15) is 55.5 Å². The number of nitrogens with zero attached hydrogens (tertiary/aromatic N) is 2. The maximum Gasteiger partial charge on any atom is 0.307 e. The van der Waals surface area contributed by atoms with Gasteiger partial charge in [0, 0.05) is 18.1 Å². The SMILES string of the molecule is COc1ccc(C(C#Cc2cccc(-c3noc(C)n3)c2)[C@H](C)C(=O)O)cc1OC1CCCC1. The van der Waals surface area contributed by atoms with Gasteiger partial charge in [-0.1, -0.05) is 42.1 Å². The Kier molecular flexibility index (Phi) is 7.17. The van der Waals surface area contributed by atoms with E-state index in [4.69, 9.17) is 14.0 Å². The summed E-state index contributed by atoms with van der Waals surface area (Å²) in [5.41, 5.74) is 2.29. The zero-order chi connectivity index (χ0) is 24.1. The summed E-state index contributed by atoms with van der Waals surface area (Å²) >= 11 is 0. The molecule has 1 N–H and O–H groups in total. The van der Waals surface area contributed by atoms with Gasteiger partial charge in [0.15, 0.2) is 11.5 Å². The summed E-state index contributed by atoms with van der Waals surface area (Å²) in [6, 6.07) is 13.0. The highest BCUT2D eigenvalue weighted by molar-refractivity contribution is 5.72. The van der Waals surface area contributed by atoms with E-state index in [9.17, 15) is 9.90 Å². The van der Waals surface area contributed by atoms with Crippen molar-refractivity contribution in [2.24, 2.45) is 5.92 Å². The third-order valence-electron chi connectivity index (χ3n) is 6.05. The second-order valence-electron chi connectivity index (χ2n) is 8.53. The Morgan fingerprint density at radius 1 is 1.18 bits per heavy atom. The number of ether oxygens (including phenoxy) is 2. The molecular formula is C27H28N2O5. The summed E-state index contributed by atoms with van der Waals surface area (Å²) in [4.78, 5) is 16.2. The lowest BCUT2D eigenvalue weighted by Crippen LogP contribution is -2.18. The summed E-state index contributed by atoms with van der Waals surface area (Å²) in [5.74, 6) is 6.39. The zero-order valence-corrected chi connectivity index (χ0v) is 19.6. The van der Waals surface area contributed by atoms with Gasteiger partial charge in [-0.25, -0.2) is 0 Å². The highest BCUT2D eigenvalue weighted by Gasteiger charge is 2.26. The summed E-state index contributed by atoms with van der Waals surface area (Å²) in [6.07, 6.45) is 4.48. The minimum absolute atomic E-state index is 0.155. The third-order valence-corrected chi connectivity index (χ3v) is 6.05. The van der Waals surface area contributed by atoms with E-state index in [1.165, 1.54) is 0 Å². The van der Waals surface area contributed by atoms with Crippen molar-refractivity contribution in [3.8, 4) is 34.7 Å². The summed E-state index contributed by atoms with van der Waals surface area (Å²) < 4.78 is 16.8. The van der Waals surface area contributed by atoms with Gasteiger partial charge in [0.05, 0.1) is 25.0 Å². The van der Waals surface area contributed by atoms with Crippen LogP contribution in [0, 0.1) is 24.7 Å². The molecule has 0 spiro atoms. The molecule has 0 saturated heterocycles. The van der Waals surface area contributed by atoms with Crippen LogP contribution in [0.2, 0.25) is 0 Å². The van der Waals surface area contributed by atoms with Gasteiger partial charge in [0.1, 0.15) is 0 Å². The minimum Gasteiger partial charge on any atom is -0.493 e. The lowest BCUT2D eigenvalue weighted by molar-refractivity contribution is -0.141. The average molecular weight is 461 g/mol. The van der Waals surface area contributed by atoms with Gasteiger partial charge in [-0.3, -0.25) is 4.79 Å². The molecule has 0 radical (unpaired) electrons. The Labute approximate surface area is 199 Å². The summed E-state index contributed by atoms with van der Waals surface area (Å²) in [7, 11) is 1.60. The van der Waals surface area contributed by atoms with Crippen molar-refractivity contribution in [2.75, 3.05) is 7.11 Å². The molecule has 1 fully saturated rings. The second-order valence-corrected chi connectivity index (χ2v) is 8.53. The molecule has 3 aromatic rings. The van der Waals surface area contributed by atoms with E-state index >= 15 is 0 Å². The Balaban J connectivity index is 1.66. The quantitative estimate of drug-likeness (QED) is 0.482. The van der Waals surface area contributed by atoms with Crippen molar-refractivity contribution >= 4 is 5.97 Å². The molecule has 1 aliphatic rings. The number of aliphatic carboxylic acids is 1. The first-order valence-electron chi connectivity index (χ1n) is 11.4. The van der Waals surface area contributed by atoms with Crippen molar-refractivity contribution in [3.05, 3.63) is 59.5 Å². The molecule has 1 aliphatic carbocycles. The second kappa shape index (κ2) is 10.4. The first kappa shape index (κ1) is 23.4. The zero-order valence-electron chi connectivity index (χ0n) is 19.6. The number of aryl methyl sites for hydroxylation is 1. The van der Waals surface area contributed by atoms with E-state index in [1.807, 2.05) is 42.5 Å². The van der Waals surface area contributed by atoms with Crippen LogP contribution in [0.4, 0.5) is 0 Å². The molecule has 176 valence electrons. The molecule has 0 amide bonds. The first-order chi connectivity index (χ1) is 16.4. The third kappa shape index (κ3) is 5.40. The number of carboxylic acids is 1. The van der Waals surface area contributed by atoms with Crippen LogP contribution in [0.15, 0.2) is 47.0 Å². The average Bonchev–Trinajstić information content (AvgIpc) is 3.51. The van der Waals surface area contributed by atoms with E-state index in [0.29, 0.717) is 23.2 Å². The molecule has 1 aromatic heterocycles. The molecule has 2 aromatic carbocycles. The largest absolute Gasteiger partial charge is 0.493 e. The molecule has 1 saturated carbocycles. The normalized spacial score (nSPS) is 15.3. The Morgan fingerprint density at radius 3 is 2.65 bits per heavy atom. The van der Waals surface area contributed by atoms with Crippen LogP contribution in [0.5, 0.6) is 11.5 Å². The van der Waals surface area contributed by atoms with Crippen LogP contribution in [0.3, 0.4) is 0 Å². The monoisotopic (exact) mass is 460 g/mol. The Bertz CT molecular complexity index is 1220. The van der Waals surface area contributed by atoms with Crippen LogP contribution in [0.25, 0.3) is 11.4 Å². The maximum atomic E-state index is 11.9. The predicted octanol–water partition coefficient (Wildman–Crippen LogP) is 5.23. The summed E-state index contributed by atoms with van der Waals surface area (Å²) in [6.45, 7) is 3.40. The van der Waals surface area contributed by atoms with Gasteiger partial charge in [-0.15, -0.1) is 0 Å². The molecule has 1 heterocycles. The number of methoxy groups -OCH3 is 1. The van der Waals surface area contributed by atoms with E-state index in [2.05, 4.69) is 22.0 Å². The highest BCUT2D eigenvalue weighted by Crippen LogP contribution is 2.36. The molecule has 2 atom stereocenters. The smallest absolute Gasteiger partial charge is 0.307 e. The van der Waals surface area contributed by atoms with Crippen LogP contribution < -0.4 is 9.47 Å². The van der Waals surface area contributed by atoms with Crippen molar-refractivity contribution in [1.29, 1.82) is 0 Å². The number of hydrogen-bond donors (Lipinski definition) is 1. The van der Waals surface area contributed by atoms with E-state index in [0.717, 1.165) is 42.4 Å². The number of rotatable bonds is 7. The summed E-state index contributed by atoms with van der Waals surface area (Å²) in [5, 5.41) is 13.7. The molecular weight excluding hydrogens is 432 g/mol. The van der Waals surface area contributed by atoms with E-state index in [1.54, 1.807) is 21.0 Å².